The van der Waals surface area contributed by atoms with E-state index in [-0.39, 0.29) is 5.90 Å². The first-order chi connectivity index (χ1) is 4.77. The molecule has 0 aromatic rings. The van der Waals surface area contributed by atoms with Gasteiger partial charge in [-0.2, -0.15) is 0 Å². The minimum atomic E-state index is 0.222. The van der Waals surface area contributed by atoms with Gasteiger partial charge in [-0.25, -0.2) is 0 Å². The van der Waals surface area contributed by atoms with E-state index in [4.69, 9.17) is 15.6 Å². The van der Waals surface area contributed by atoms with Crippen molar-refractivity contribution in [1.82, 2.24) is 0 Å². The maximum atomic E-state index is 6.87. The predicted molar refractivity (Wildman–Crippen MR) is 41.9 cm³/mol. The minimum Gasteiger partial charge on any atom is -0.477 e. The lowest BCUT2D eigenvalue weighted by atomic mass is 10.4. The lowest BCUT2D eigenvalue weighted by Crippen LogP contribution is -1.96. The number of hydrogen-bond donors (Lipinski definition) is 2. The number of ether oxygens (including phenoxy) is 1. The van der Waals surface area contributed by atoms with Crippen LogP contribution in [0.4, 0.5) is 0 Å². The molecule has 0 aliphatic carbocycles. The zero-order valence-electron chi connectivity index (χ0n) is 6.05. The van der Waals surface area contributed by atoms with Crippen molar-refractivity contribution in [3.05, 3.63) is 12.2 Å². The van der Waals surface area contributed by atoms with Crippen LogP contribution >= 0.6 is 0 Å². The van der Waals surface area contributed by atoms with Crippen LogP contribution in [0, 0.1) is 10.8 Å². The first-order valence-corrected chi connectivity index (χ1v) is 3.09. The van der Waals surface area contributed by atoms with Crippen LogP contribution in [-0.4, -0.2) is 18.7 Å². The number of allylic oxidation sites excluding steroid dienone is 1. The Balaban J connectivity index is 3.18. The maximum Gasteiger partial charge on any atom is 0.177 e. The first-order valence-electron chi connectivity index (χ1n) is 3.09. The van der Waals surface area contributed by atoms with E-state index in [1.165, 1.54) is 6.21 Å². The summed E-state index contributed by atoms with van der Waals surface area (Å²) in [5.41, 5.74) is 0. The highest BCUT2D eigenvalue weighted by Gasteiger charge is 1.80. The quantitative estimate of drug-likeness (QED) is 0.348. The summed E-state index contributed by atoms with van der Waals surface area (Å²) >= 11 is 0. The van der Waals surface area contributed by atoms with Gasteiger partial charge in [-0.1, -0.05) is 12.2 Å². The van der Waals surface area contributed by atoms with Crippen LogP contribution < -0.4 is 0 Å². The van der Waals surface area contributed by atoms with Gasteiger partial charge < -0.3 is 10.1 Å². The molecular formula is C7H12N2O. The van der Waals surface area contributed by atoms with Gasteiger partial charge in [0.25, 0.3) is 0 Å². The van der Waals surface area contributed by atoms with E-state index in [9.17, 15) is 0 Å². The first kappa shape index (κ1) is 8.88. The van der Waals surface area contributed by atoms with Crippen molar-refractivity contribution in [3.8, 4) is 0 Å². The molecule has 0 spiro atoms. The van der Waals surface area contributed by atoms with Gasteiger partial charge in [-0.3, -0.25) is 5.41 Å². The molecule has 0 radical (unpaired) electrons. The van der Waals surface area contributed by atoms with Crippen molar-refractivity contribution in [3.63, 3.8) is 0 Å². The molecule has 3 heteroatoms. The molecule has 10 heavy (non-hydrogen) atoms. The van der Waals surface area contributed by atoms with Crippen molar-refractivity contribution >= 4 is 12.1 Å². The van der Waals surface area contributed by atoms with Crippen LogP contribution in [0.5, 0.6) is 0 Å². The molecular weight excluding hydrogens is 128 g/mol. The van der Waals surface area contributed by atoms with Gasteiger partial charge in [0.1, 0.15) is 6.61 Å². The SMILES string of the molecule is CC(=N)OCC=CCC=N. The predicted octanol–water partition coefficient (Wildman–Crippen LogP) is 1.60. The smallest absolute Gasteiger partial charge is 0.177 e. The van der Waals surface area contributed by atoms with Gasteiger partial charge >= 0.3 is 0 Å². The lowest BCUT2D eigenvalue weighted by molar-refractivity contribution is 0.344. The Morgan fingerprint density at radius 2 is 2.20 bits per heavy atom. The van der Waals surface area contributed by atoms with Gasteiger partial charge in [0.05, 0.1) is 0 Å². The van der Waals surface area contributed by atoms with E-state index < -0.39 is 0 Å². The summed E-state index contributed by atoms with van der Waals surface area (Å²) in [6.45, 7) is 2.02. The molecule has 0 aromatic heterocycles. The van der Waals surface area contributed by atoms with E-state index in [1.54, 1.807) is 13.0 Å². The Morgan fingerprint density at radius 3 is 2.70 bits per heavy atom. The summed E-state index contributed by atoms with van der Waals surface area (Å²) in [7, 11) is 0. The zero-order valence-corrected chi connectivity index (χ0v) is 6.05. The molecule has 0 saturated carbocycles. The van der Waals surface area contributed by atoms with E-state index >= 15 is 0 Å². The summed E-state index contributed by atoms with van der Waals surface area (Å²) in [5, 5.41) is 13.5. The van der Waals surface area contributed by atoms with Crippen LogP contribution in [0.25, 0.3) is 0 Å². The fraction of sp³-hybridized carbons (Fsp3) is 0.429. The van der Waals surface area contributed by atoms with Crippen molar-refractivity contribution in [2.45, 2.75) is 13.3 Å². The average molecular weight is 140 g/mol. The molecule has 0 bridgehead atoms. The topological polar surface area (TPSA) is 56.9 Å². The fourth-order valence-electron chi connectivity index (χ4n) is 0.405. The van der Waals surface area contributed by atoms with Crippen LogP contribution in [-0.2, 0) is 4.74 Å². The Labute approximate surface area is 60.7 Å². The Bertz CT molecular complexity index is 141. The van der Waals surface area contributed by atoms with Crippen LogP contribution in [0.2, 0.25) is 0 Å². The summed E-state index contributed by atoms with van der Waals surface area (Å²) in [6.07, 6.45) is 5.58. The third-order valence-corrected chi connectivity index (χ3v) is 0.817. The lowest BCUT2D eigenvalue weighted by Gasteiger charge is -1.95. The van der Waals surface area contributed by atoms with Crippen molar-refractivity contribution in [2.75, 3.05) is 6.61 Å². The zero-order chi connectivity index (χ0) is 7.82. The molecule has 3 nitrogen and oxygen atoms in total. The van der Waals surface area contributed by atoms with Gasteiger partial charge in [0.15, 0.2) is 5.90 Å². The van der Waals surface area contributed by atoms with E-state index in [0.717, 1.165) is 0 Å². The molecule has 0 fully saturated rings. The Hall–Kier alpha value is -1.12. The number of nitrogens with one attached hydrogen (secondary N) is 2. The normalized spacial score (nSPS) is 9.70. The third-order valence-electron chi connectivity index (χ3n) is 0.817. The standard InChI is InChI=1S/C7H12N2O/c1-7(9)10-6-4-2-3-5-8/h2,4-5,8-9H,3,6H2,1H3. The molecule has 56 valence electrons. The highest BCUT2D eigenvalue weighted by Crippen LogP contribution is 1.81. The second-order valence-electron chi connectivity index (χ2n) is 1.78. The fourth-order valence-corrected chi connectivity index (χ4v) is 0.405. The van der Waals surface area contributed by atoms with E-state index in [2.05, 4.69) is 0 Å². The maximum absolute atomic E-state index is 6.87. The molecule has 0 aliphatic rings. The monoisotopic (exact) mass is 140 g/mol. The summed E-state index contributed by atoms with van der Waals surface area (Å²) < 4.78 is 4.81. The van der Waals surface area contributed by atoms with Crippen LogP contribution in [0.15, 0.2) is 12.2 Å². The highest BCUT2D eigenvalue weighted by molar-refractivity contribution is 5.69. The summed E-state index contributed by atoms with van der Waals surface area (Å²) in [5.74, 6) is 0.222. The second-order valence-corrected chi connectivity index (χ2v) is 1.78. The number of hydrogen-bond acceptors (Lipinski definition) is 3. The van der Waals surface area contributed by atoms with Crippen molar-refractivity contribution in [2.24, 2.45) is 0 Å². The molecule has 0 heterocycles. The van der Waals surface area contributed by atoms with Gasteiger partial charge in [-0.15, -0.1) is 0 Å². The molecule has 0 aliphatic heterocycles. The van der Waals surface area contributed by atoms with Crippen LogP contribution in [0.3, 0.4) is 0 Å². The molecule has 0 atom stereocenters. The Kier molecular flexibility index (Phi) is 5.33. The molecule has 0 amide bonds. The molecule has 0 unspecified atom stereocenters. The molecule has 0 saturated heterocycles. The summed E-state index contributed by atoms with van der Waals surface area (Å²) in [4.78, 5) is 0. The second kappa shape index (κ2) is 6.01. The largest absolute Gasteiger partial charge is 0.477 e. The van der Waals surface area contributed by atoms with Crippen LogP contribution in [0.1, 0.15) is 13.3 Å². The van der Waals surface area contributed by atoms with Gasteiger partial charge in [-0.05, 0) is 6.21 Å². The molecule has 0 aromatic carbocycles. The molecule has 2 N–H and O–H groups in total. The van der Waals surface area contributed by atoms with E-state index in [1.807, 2.05) is 6.08 Å². The third kappa shape index (κ3) is 6.88. The van der Waals surface area contributed by atoms with Gasteiger partial charge in [0, 0.05) is 13.3 Å². The van der Waals surface area contributed by atoms with Gasteiger partial charge in [0.2, 0.25) is 0 Å². The average Bonchev–Trinajstić information content (AvgIpc) is 1.87. The van der Waals surface area contributed by atoms with Crippen molar-refractivity contribution < 1.29 is 4.74 Å². The van der Waals surface area contributed by atoms with E-state index in [0.29, 0.717) is 13.0 Å². The number of rotatable bonds is 4. The van der Waals surface area contributed by atoms with Crippen molar-refractivity contribution in [1.29, 1.82) is 10.8 Å². The summed E-state index contributed by atoms with van der Waals surface area (Å²) in [6, 6.07) is 0. The minimum absolute atomic E-state index is 0.222. The highest BCUT2D eigenvalue weighted by atomic mass is 16.5. The molecule has 0 rings (SSSR count). The Morgan fingerprint density at radius 1 is 1.50 bits per heavy atom.